The number of aryl methyl sites for hydroxylation is 2. The van der Waals surface area contributed by atoms with Crippen LogP contribution < -0.4 is 5.73 Å². The Labute approximate surface area is 107 Å². The molecule has 7 heteroatoms. The molecule has 0 aliphatic carbocycles. The van der Waals surface area contributed by atoms with E-state index in [0.29, 0.717) is 6.42 Å². The van der Waals surface area contributed by atoms with Crippen molar-refractivity contribution in [1.82, 2.24) is 9.78 Å². The third-order valence-corrected chi connectivity index (χ3v) is 2.06. The lowest BCUT2D eigenvalue weighted by Crippen LogP contribution is -2.33. The van der Waals surface area contributed by atoms with Gasteiger partial charge in [-0.05, 0) is 12.5 Å². The van der Waals surface area contributed by atoms with Gasteiger partial charge in [0.2, 0.25) is 0 Å². The first kappa shape index (κ1) is 17.6. The van der Waals surface area contributed by atoms with Crippen molar-refractivity contribution in [2.75, 3.05) is 7.11 Å². The van der Waals surface area contributed by atoms with E-state index in [1.807, 2.05) is 20.2 Å². The maximum absolute atomic E-state index is 11.1. The maximum Gasteiger partial charge on any atom is 0.322 e. The lowest BCUT2D eigenvalue weighted by atomic mass is 10.1. The summed E-state index contributed by atoms with van der Waals surface area (Å²) in [5, 5.41) is 4.16. The monoisotopic (exact) mass is 269 g/mol. The molecular weight excluding hydrogens is 253 g/mol. The number of nitrogens with zero attached hydrogens (tertiary/aromatic N) is 2. The summed E-state index contributed by atoms with van der Waals surface area (Å²) in [7, 11) is 3.17. The lowest BCUT2D eigenvalue weighted by molar-refractivity contribution is -0.142. The third kappa shape index (κ3) is 4.38. The van der Waals surface area contributed by atoms with E-state index in [9.17, 15) is 4.79 Å². The van der Waals surface area contributed by atoms with E-state index in [2.05, 4.69) is 9.84 Å². The van der Waals surface area contributed by atoms with Gasteiger partial charge in [0.15, 0.2) is 0 Å². The first-order valence-electron chi connectivity index (χ1n) is 4.37. The van der Waals surface area contributed by atoms with Gasteiger partial charge >= 0.3 is 5.97 Å². The molecule has 0 aliphatic heterocycles. The molecule has 94 valence electrons. The molecule has 1 rings (SSSR count). The Kier molecular flexibility index (Phi) is 8.24. The predicted octanol–water partition coefficient (Wildman–Crippen LogP) is 0.615. The van der Waals surface area contributed by atoms with Gasteiger partial charge in [0.1, 0.15) is 6.04 Å². The van der Waals surface area contributed by atoms with Gasteiger partial charge < -0.3 is 10.5 Å². The summed E-state index contributed by atoms with van der Waals surface area (Å²) in [6.07, 6.45) is 2.32. The Balaban J connectivity index is 0. The minimum absolute atomic E-state index is 0. The molecule has 1 aromatic rings. The summed E-state index contributed by atoms with van der Waals surface area (Å²) < 4.78 is 6.24. The Hall–Kier alpha value is -0.780. The molecule has 1 unspecified atom stereocenters. The molecule has 2 N–H and O–H groups in total. The van der Waals surface area contributed by atoms with Gasteiger partial charge in [-0.2, -0.15) is 5.10 Å². The number of nitrogens with two attached hydrogens (primary N) is 1. The van der Waals surface area contributed by atoms with Crippen LogP contribution >= 0.6 is 24.8 Å². The highest BCUT2D eigenvalue weighted by molar-refractivity contribution is 5.85. The van der Waals surface area contributed by atoms with E-state index in [1.165, 1.54) is 7.11 Å². The third-order valence-electron chi connectivity index (χ3n) is 2.06. The summed E-state index contributed by atoms with van der Waals surface area (Å²) >= 11 is 0. The number of hydrogen-bond acceptors (Lipinski definition) is 4. The normalized spacial score (nSPS) is 11.0. The Bertz CT molecular complexity index is 341. The molecule has 0 aliphatic rings. The fourth-order valence-corrected chi connectivity index (χ4v) is 1.32. The lowest BCUT2D eigenvalue weighted by Gasteiger charge is -2.07. The highest BCUT2D eigenvalue weighted by atomic mass is 35.5. The van der Waals surface area contributed by atoms with Crippen molar-refractivity contribution in [3.63, 3.8) is 0 Å². The van der Waals surface area contributed by atoms with Crippen molar-refractivity contribution in [1.29, 1.82) is 0 Å². The SMILES string of the molecule is COC(=O)C(N)Cc1cn(C)nc1C.Cl.Cl. The molecule has 0 amide bonds. The number of hydrogen-bond donors (Lipinski definition) is 1. The Morgan fingerprint density at radius 3 is 2.56 bits per heavy atom. The van der Waals surface area contributed by atoms with E-state index in [0.717, 1.165) is 11.3 Å². The van der Waals surface area contributed by atoms with Crippen LogP contribution in [-0.4, -0.2) is 28.9 Å². The molecule has 5 nitrogen and oxygen atoms in total. The smallest absolute Gasteiger partial charge is 0.322 e. The van der Waals surface area contributed by atoms with Crippen molar-refractivity contribution in [2.24, 2.45) is 12.8 Å². The summed E-state index contributed by atoms with van der Waals surface area (Å²) in [6.45, 7) is 1.89. The van der Waals surface area contributed by atoms with Crippen molar-refractivity contribution in [2.45, 2.75) is 19.4 Å². The van der Waals surface area contributed by atoms with Crippen molar-refractivity contribution >= 4 is 30.8 Å². The van der Waals surface area contributed by atoms with Crippen LogP contribution in [0.1, 0.15) is 11.3 Å². The van der Waals surface area contributed by atoms with Crippen molar-refractivity contribution in [3.8, 4) is 0 Å². The fourth-order valence-electron chi connectivity index (χ4n) is 1.32. The topological polar surface area (TPSA) is 70.1 Å². The van der Waals surface area contributed by atoms with Crippen LogP contribution in [0.2, 0.25) is 0 Å². The second-order valence-electron chi connectivity index (χ2n) is 3.25. The van der Waals surface area contributed by atoms with Gasteiger partial charge in [-0.1, -0.05) is 0 Å². The second-order valence-corrected chi connectivity index (χ2v) is 3.25. The fraction of sp³-hybridized carbons (Fsp3) is 0.556. The maximum atomic E-state index is 11.1. The zero-order chi connectivity index (χ0) is 10.7. The zero-order valence-electron chi connectivity index (χ0n) is 9.47. The first-order valence-corrected chi connectivity index (χ1v) is 4.37. The highest BCUT2D eigenvalue weighted by Gasteiger charge is 2.16. The molecule has 1 heterocycles. The minimum atomic E-state index is -0.608. The number of esters is 1. The molecule has 0 spiro atoms. The van der Waals surface area contributed by atoms with Gasteiger partial charge in [-0.15, -0.1) is 24.8 Å². The van der Waals surface area contributed by atoms with Gasteiger partial charge in [-0.25, -0.2) is 0 Å². The molecule has 0 bridgehead atoms. The molecule has 1 aromatic heterocycles. The molecule has 1 atom stereocenters. The average Bonchev–Trinajstić information content (AvgIpc) is 2.44. The van der Waals surface area contributed by atoms with Crippen LogP contribution in [-0.2, 0) is 23.0 Å². The largest absolute Gasteiger partial charge is 0.468 e. The number of carbonyl (C=O) groups excluding carboxylic acids is 1. The van der Waals surface area contributed by atoms with E-state index >= 15 is 0 Å². The molecule has 0 aromatic carbocycles. The standard InChI is InChI=1S/C9H15N3O2.2ClH/c1-6-7(5-12(2)11-6)4-8(10)9(13)14-3;;/h5,8H,4,10H2,1-3H3;2*1H. The second kappa shape index (κ2) is 7.49. The summed E-state index contributed by atoms with van der Waals surface area (Å²) in [5.74, 6) is -0.395. The minimum Gasteiger partial charge on any atom is -0.468 e. The highest BCUT2D eigenvalue weighted by Crippen LogP contribution is 2.07. The first-order chi connectivity index (χ1) is 6.54. The molecular formula is C9H17Cl2N3O2. The summed E-state index contributed by atoms with van der Waals surface area (Å²) in [5.41, 5.74) is 7.50. The molecule has 0 fully saturated rings. The van der Waals surface area contributed by atoms with E-state index in [4.69, 9.17) is 5.73 Å². The zero-order valence-corrected chi connectivity index (χ0v) is 11.1. The van der Waals surface area contributed by atoms with E-state index in [1.54, 1.807) is 4.68 Å². The molecule has 0 saturated heterocycles. The molecule has 0 saturated carbocycles. The number of methoxy groups -OCH3 is 1. The number of halogens is 2. The van der Waals surface area contributed by atoms with Crippen LogP contribution in [0.3, 0.4) is 0 Å². The number of carbonyl (C=O) groups is 1. The number of aromatic nitrogens is 2. The van der Waals surface area contributed by atoms with Gasteiger partial charge in [0.05, 0.1) is 12.8 Å². The van der Waals surface area contributed by atoms with Crippen molar-refractivity contribution in [3.05, 3.63) is 17.5 Å². The van der Waals surface area contributed by atoms with E-state index < -0.39 is 12.0 Å². The van der Waals surface area contributed by atoms with Gasteiger partial charge in [0.25, 0.3) is 0 Å². The Morgan fingerprint density at radius 2 is 2.19 bits per heavy atom. The van der Waals surface area contributed by atoms with Crippen LogP contribution in [0.4, 0.5) is 0 Å². The summed E-state index contributed by atoms with van der Waals surface area (Å²) in [6, 6.07) is -0.608. The average molecular weight is 270 g/mol. The molecule has 0 radical (unpaired) electrons. The van der Waals surface area contributed by atoms with Crippen molar-refractivity contribution < 1.29 is 9.53 Å². The van der Waals surface area contributed by atoms with Crippen LogP contribution in [0.5, 0.6) is 0 Å². The number of ether oxygens (including phenoxy) is 1. The van der Waals surface area contributed by atoms with Crippen LogP contribution in [0.25, 0.3) is 0 Å². The molecule has 16 heavy (non-hydrogen) atoms. The van der Waals surface area contributed by atoms with Crippen LogP contribution in [0, 0.1) is 6.92 Å². The number of rotatable bonds is 3. The van der Waals surface area contributed by atoms with Gasteiger partial charge in [0, 0.05) is 19.7 Å². The summed E-state index contributed by atoms with van der Waals surface area (Å²) in [4.78, 5) is 11.1. The predicted molar refractivity (Wildman–Crippen MR) is 66.1 cm³/mol. The van der Waals surface area contributed by atoms with Gasteiger partial charge in [-0.3, -0.25) is 9.48 Å². The van der Waals surface area contributed by atoms with E-state index in [-0.39, 0.29) is 24.8 Å². The quantitative estimate of drug-likeness (QED) is 0.817. The Morgan fingerprint density at radius 1 is 1.62 bits per heavy atom. The van der Waals surface area contributed by atoms with Crippen LogP contribution in [0.15, 0.2) is 6.20 Å².